The van der Waals surface area contributed by atoms with Crippen LogP contribution in [-0.2, 0) is 0 Å². The van der Waals surface area contributed by atoms with Crippen molar-refractivity contribution in [3.05, 3.63) is 101 Å². The summed E-state index contributed by atoms with van der Waals surface area (Å²) < 4.78 is -0.645. The highest BCUT2D eigenvalue weighted by Gasteiger charge is 2.38. The van der Waals surface area contributed by atoms with Crippen molar-refractivity contribution >= 4 is 11.4 Å². The molecule has 4 rings (SSSR count). The van der Waals surface area contributed by atoms with E-state index in [1.54, 1.807) is 0 Å². The molecule has 0 bridgehead atoms. The first-order valence-corrected chi connectivity index (χ1v) is 9.45. The molecule has 0 amide bonds. The van der Waals surface area contributed by atoms with Crippen molar-refractivity contribution in [2.24, 2.45) is 0 Å². The summed E-state index contributed by atoms with van der Waals surface area (Å²) in [4.78, 5) is 1.91. The number of aliphatic hydroxyl groups is 2. The van der Waals surface area contributed by atoms with Crippen LogP contribution in [0.15, 0.2) is 84.9 Å². The quantitative estimate of drug-likeness (QED) is 0.508. The Morgan fingerprint density at radius 2 is 1.32 bits per heavy atom. The first kappa shape index (κ1) is 18.7. The summed E-state index contributed by atoms with van der Waals surface area (Å²) in [6.07, 6.45) is -1.55. The minimum absolute atomic E-state index is 0.0267. The van der Waals surface area contributed by atoms with Crippen LogP contribution >= 0.6 is 0 Å². The van der Waals surface area contributed by atoms with Crippen molar-refractivity contribution in [3.8, 4) is 0 Å². The molecular formula is C23H24N2O3. The Bertz CT molecular complexity index is 919. The van der Waals surface area contributed by atoms with Gasteiger partial charge in [0, 0.05) is 6.07 Å². The van der Waals surface area contributed by atoms with Crippen LogP contribution < -0.4 is 9.55 Å². The van der Waals surface area contributed by atoms with Crippen LogP contribution in [0.5, 0.6) is 0 Å². The van der Waals surface area contributed by atoms with Gasteiger partial charge in [0.25, 0.3) is 0 Å². The number of hydrogen-bond acceptors (Lipinski definition) is 4. The summed E-state index contributed by atoms with van der Waals surface area (Å²) in [5.41, 5.74) is 2.99. The number of fused-ring (bicyclic) bond motifs is 1. The van der Waals surface area contributed by atoms with Gasteiger partial charge in [0.2, 0.25) is 0 Å². The van der Waals surface area contributed by atoms with E-state index in [0.29, 0.717) is 12.2 Å². The number of anilines is 1. The summed E-state index contributed by atoms with van der Waals surface area (Å²) >= 11 is 0. The van der Waals surface area contributed by atoms with Gasteiger partial charge in [-0.1, -0.05) is 72.8 Å². The lowest BCUT2D eigenvalue weighted by atomic mass is 10.1. The number of rotatable bonds is 6. The molecule has 1 heterocycles. The maximum atomic E-state index is 13.7. The number of quaternary nitrogens is 1. The molecule has 1 aliphatic heterocycles. The van der Waals surface area contributed by atoms with Gasteiger partial charge in [-0.15, -0.1) is 0 Å². The predicted octanol–water partition coefficient (Wildman–Crippen LogP) is 3.74. The Labute approximate surface area is 164 Å². The van der Waals surface area contributed by atoms with E-state index in [1.807, 2.05) is 89.8 Å². The zero-order valence-corrected chi connectivity index (χ0v) is 15.6. The molecule has 0 spiro atoms. The van der Waals surface area contributed by atoms with Crippen LogP contribution in [-0.4, -0.2) is 30.0 Å². The largest absolute Gasteiger partial charge is 0.626 e. The average Bonchev–Trinajstić information content (AvgIpc) is 3.01. The minimum Gasteiger partial charge on any atom is -0.626 e. The fourth-order valence-electron chi connectivity index (χ4n) is 3.87. The lowest BCUT2D eigenvalue weighted by Crippen LogP contribution is -2.49. The van der Waals surface area contributed by atoms with Crippen LogP contribution in [0.3, 0.4) is 0 Å². The van der Waals surface area contributed by atoms with E-state index in [1.165, 1.54) is 0 Å². The number of aliphatic hydroxyl groups excluding tert-OH is 2. The van der Waals surface area contributed by atoms with E-state index in [-0.39, 0.29) is 13.2 Å². The molecule has 144 valence electrons. The zero-order valence-electron chi connectivity index (χ0n) is 15.6. The number of para-hydroxylation sites is 2. The van der Waals surface area contributed by atoms with Crippen molar-refractivity contribution in [1.29, 1.82) is 0 Å². The van der Waals surface area contributed by atoms with Crippen LogP contribution in [0.25, 0.3) is 0 Å². The summed E-state index contributed by atoms with van der Waals surface area (Å²) in [6, 6.07) is 26.2. The molecule has 3 atom stereocenters. The summed E-state index contributed by atoms with van der Waals surface area (Å²) in [7, 11) is 0. The van der Waals surface area contributed by atoms with Gasteiger partial charge in [-0.25, -0.2) is 0 Å². The second-order valence-corrected chi connectivity index (χ2v) is 7.28. The van der Waals surface area contributed by atoms with Crippen molar-refractivity contribution in [3.63, 3.8) is 0 Å². The fraction of sp³-hybridized carbons (Fsp3) is 0.217. The van der Waals surface area contributed by atoms with Crippen LogP contribution in [0, 0.1) is 5.21 Å². The average molecular weight is 376 g/mol. The van der Waals surface area contributed by atoms with E-state index in [4.69, 9.17) is 0 Å². The normalized spacial score (nSPS) is 20.6. The van der Waals surface area contributed by atoms with Crippen LogP contribution in [0.2, 0.25) is 0 Å². The number of nitrogens with zero attached hydrogens (tertiary/aromatic N) is 2. The molecule has 5 heteroatoms. The SMILES string of the molecule is [O-][N+]1(CC(O)c2ccccc2)CN(CC(O)c2ccccc2)c2ccccc21. The summed E-state index contributed by atoms with van der Waals surface area (Å²) in [5.74, 6) is 0. The van der Waals surface area contributed by atoms with Gasteiger partial charge in [0.1, 0.15) is 18.3 Å². The first-order valence-electron chi connectivity index (χ1n) is 9.45. The third-order valence-corrected chi connectivity index (χ3v) is 5.29. The molecule has 3 aromatic rings. The van der Waals surface area contributed by atoms with E-state index in [2.05, 4.69) is 0 Å². The van der Waals surface area contributed by atoms with Gasteiger partial charge >= 0.3 is 0 Å². The molecule has 0 saturated carbocycles. The van der Waals surface area contributed by atoms with E-state index in [9.17, 15) is 15.4 Å². The highest BCUT2D eigenvalue weighted by atomic mass is 16.6. The Kier molecular flexibility index (Phi) is 5.15. The van der Waals surface area contributed by atoms with Gasteiger partial charge in [-0.05, 0) is 17.2 Å². The van der Waals surface area contributed by atoms with Gasteiger partial charge in [0.15, 0.2) is 12.4 Å². The monoisotopic (exact) mass is 376 g/mol. The van der Waals surface area contributed by atoms with E-state index >= 15 is 0 Å². The van der Waals surface area contributed by atoms with Gasteiger partial charge in [-0.2, -0.15) is 0 Å². The van der Waals surface area contributed by atoms with E-state index < -0.39 is 16.9 Å². The molecule has 0 aliphatic carbocycles. The Hall–Kier alpha value is -2.70. The second kappa shape index (κ2) is 7.73. The summed E-state index contributed by atoms with van der Waals surface area (Å²) in [6.45, 7) is 0.511. The lowest BCUT2D eigenvalue weighted by Gasteiger charge is -2.40. The van der Waals surface area contributed by atoms with Gasteiger partial charge in [-0.3, -0.25) is 0 Å². The lowest BCUT2D eigenvalue weighted by molar-refractivity contribution is 0.137. The molecular weight excluding hydrogens is 352 g/mol. The smallest absolute Gasteiger partial charge is 0.159 e. The molecule has 0 saturated heterocycles. The Balaban J connectivity index is 1.57. The molecule has 28 heavy (non-hydrogen) atoms. The predicted molar refractivity (Wildman–Crippen MR) is 111 cm³/mol. The third-order valence-electron chi connectivity index (χ3n) is 5.29. The summed E-state index contributed by atoms with van der Waals surface area (Å²) in [5, 5.41) is 35.0. The zero-order chi connectivity index (χ0) is 19.6. The molecule has 0 radical (unpaired) electrons. The highest BCUT2D eigenvalue weighted by molar-refractivity contribution is 5.74. The van der Waals surface area contributed by atoms with Crippen molar-refractivity contribution in [2.75, 3.05) is 24.7 Å². The second-order valence-electron chi connectivity index (χ2n) is 7.28. The number of hydroxylamine groups is 2. The van der Waals surface area contributed by atoms with Gasteiger partial charge in [0.05, 0.1) is 12.6 Å². The third kappa shape index (κ3) is 3.66. The molecule has 2 N–H and O–H groups in total. The van der Waals surface area contributed by atoms with E-state index in [0.717, 1.165) is 16.8 Å². The fourth-order valence-corrected chi connectivity index (χ4v) is 3.87. The first-order chi connectivity index (χ1) is 13.6. The number of benzene rings is 3. The Morgan fingerprint density at radius 3 is 1.96 bits per heavy atom. The Morgan fingerprint density at radius 1 is 0.786 bits per heavy atom. The van der Waals surface area contributed by atoms with Crippen LogP contribution in [0.1, 0.15) is 23.3 Å². The minimum atomic E-state index is -0.856. The molecule has 3 unspecified atom stereocenters. The number of β-amino-alcohol motifs (C(OH)–C–C–N with tert-alkyl or cyclic N) is 1. The van der Waals surface area contributed by atoms with Crippen molar-refractivity contribution in [2.45, 2.75) is 12.2 Å². The van der Waals surface area contributed by atoms with Crippen LogP contribution in [0.4, 0.5) is 11.4 Å². The molecule has 3 aromatic carbocycles. The maximum Gasteiger partial charge on any atom is 0.159 e. The van der Waals surface area contributed by atoms with Crippen molar-refractivity contribution < 1.29 is 10.2 Å². The highest BCUT2D eigenvalue weighted by Crippen LogP contribution is 2.42. The molecule has 5 nitrogen and oxygen atoms in total. The molecule has 0 fully saturated rings. The standard InChI is InChI=1S/C23H24N2O3/c26-22(18-9-3-1-4-10-18)15-24-17-25(28,21-14-8-7-13-20(21)24)16-23(27)19-11-5-2-6-12-19/h1-14,22-23,26-27H,15-17H2. The van der Waals surface area contributed by atoms with Crippen molar-refractivity contribution in [1.82, 2.24) is 4.65 Å². The maximum absolute atomic E-state index is 13.7. The topological polar surface area (TPSA) is 66.8 Å². The molecule has 1 aliphatic rings. The number of hydrogen-bond donors (Lipinski definition) is 2. The molecule has 0 aromatic heterocycles. The van der Waals surface area contributed by atoms with Gasteiger partial charge < -0.3 is 25.0 Å².